The van der Waals surface area contributed by atoms with Gasteiger partial charge in [0, 0.05) is 13.1 Å². The number of hydrogen-bond donors (Lipinski definition) is 2. The van der Waals surface area contributed by atoms with Gasteiger partial charge in [0.1, 0.15) is 6.54 Å². The predicted octanol–water partition coefficient (Wildman–Crippen LogP) is 1.13. The summed E-state index contributed by atoms with van der Waals surface area (Å²) < 4.78 is 36.1. The van der Waals surface area contributed by atoms with Crippen molar-refractivity contribution < 1.29 is 18.0 Å². The number of likely N-dealkylation sites (tertiary alicyclic amines) is 1. The molecule has 0 radical (unpaired) electrons. The highest BCUT2D eigenvalue weighted by Crippen LogP contribution is 2.35. The molecule has 0 bridgehead atoms. The Morgan fingerprint density at radius 2 is 2.05 bits per heavy atom. The molecule has 0 aromatic heterocycles. The number of rotatable bonds is 3. The summed E-state index contributed by atoms with van der Waals surface area (Å²) in [5.74, 6) is -0.539. The number of alkyl halides is 3. The van der Waals surface area contributed by atoms with Crippen molar-refractivity contribution in [2.75, 3.05) is 39.3 Å². The topological polar surface area (TPSA) is 44.4 Å². The monoisotopic (exact) mass is 293 g/mol. The second-order valence-corrected chi connectivity index (χ2v) is 5.99. The number of halogens is 3. The lowest BCUT2D eigenvalue weighted by atomic mass is 9.74. The number of carbonyl (C=O) groups excluding carboxylic acids is 1. The van der Waals surface area contributed by atoms with Gasteiger partial charge in [0.25, 0.3) is 0 Å². The Morgan fingerprint density at radius 1 is 1.30 bits per heavy atom. The summed E-state index contributed by atoms with van der Waals surface area (Å²) in [6.45, 7) is 2.41. The van der Waals surface area contributed by atoms with E-state index in [1.807, 2.05) is 10.2 Å². The van der Waals surface area contributed by atoms with E-state index in [1.165, 1.54) is 0 Å². The molecule has 2 aliphatic heterocycles. The van der Waals surface area contributed by atoms with E-state index in [4.69, 9.17) is 0 Å². The van der Waals surface area contributed by atoms with Gasteiger partial charge in [0.2, 0.25) is 5.91 Å². The SMILES string of the molecule is O=C(CN1CCCC2(CCCNC2)C1)NCC(F)(F)F. The van der Waals surface area contributed by atoms with Crippen LogP contribution in [0.25, 0.3) is 0 Å². The van der Waals surface area contributed by atoms with E-state index in [-0.39, 0.29) is 12.0 Å². The Bertz CT molecular complexity index is 335. The quantitative estimate of drug-likeness (QED) is 0.820. The molecule has 0 saturated carbocycles. The highest BCUT2D eigenvalue weighted by molar-refractivity contribution is 5.78. The van der Waals surface area contributed by atoms with Crippen LogP contribution in [0.4, 0.5) is 13.2 Å². The highest BCUT2D eigenvalue weighted by Gasteiger charge is 2.37. The zero-order valence-electron chi connectivity index (χ0n) is 11.6. The lowest BCUT2D eigenvalue weighted by Gasteiger charge is -2.45. The van der Waals surface area contributed by atoms with Crippen molar-refractivity contribution in [2.24, 2.45) is 5.41 Å². The number of carbonyl (C=O) groups is 1. The van der Waals surface area contributed by atoms with Crippen LogP contribution in [0.1, 0.15) is 25.7 Å². The van der Waals surface area contributed by atoms with Crippen molar-refractivity contribution in [3.8, 4) is 0 Å². The molecule has 2 aliphatic rings. The minimum absolute atomic E-state index is 0.0673. The first kappa shape index (κ1) is 15.6. The molecule has 2 rings (SSSR count). The molecule has 7 heteroatoms. The Morgan fingerprint density at radius 3 is 2.70 bits per heavy atom. The summed E-state index contributed by atoms with van der Waals surface area (Å²) in [4.78, 5) is 13.5. The summed E-state index contributed by atoms with van der Waals surface area (Å²) in [6.07, 6.45) is 0.0791. The van der Waals surface area contributed by atoms with E-state index >= 15 is 0 Å². The fourth-order valence-electron chi connectivity index (χ4n) is 3.28. The summed E-state index contributed by atoms with van der Waals surface area (Å²) in [5.41, 5.74) is 0.209. The molecule has 1 spiro atoms. The van der Waals surface area contributed by atoms with Gasteiger partial charge in [-0.1, -0.05) is 0 Å². The number of nitrogens with zero attached hydrogens (tertiary/aromatic N) is 1. The van der Waals surface area contributed by atoms with Crippen LogP contribution in [-0.2, 0) is 4.79 Å². The molecule has 1 amide bonds. The number of hydrogen-bond acceptors (Lipinski definition) is 3. The van der Waals surface area contributed by atoms with Crippen molar-refractivity contribution in [3.63, 3.8) is 0 Å². The molecule has 0 aliphatic carbocycles. The fraction of sp³-hybridized carbons (Fsp3) is 0.923. The van der Waals surface area contributed by atoms with Crippen LogP contribution in [0.15, 0.2) is 0 Å². The van der Waals surface area contributed by atoms with Gasteiger partial charge in [-0.2, -0.15) is 13.2 Å². The third-order valence-electron chi connectivity index (χ3n) is 4.15. The maximum Gasteiger partial charge on any atom is 0.405 e. The zero-order valence-corrected chi connectivity index (χ0v) is 11.6. The normalized spacial score (nSPS) is 28.6. The van der Waals surface area contributed by atoms with Crippen LogP contribution in [0.5, 0.6) is 0 Å². The van der Waals surface area contributed by atoms with Crippen molar-refractivity contribution in [3.05, 3.63) is 0 Å². The lowest BCUT2D eigenvalue weighted by Crippen LogP contribution is -2.53. The Hall–Kier alpha value is -0.820. The van der Waals surface area contributed by atoms with Crippen molar-refractivity contribution in [2.45, 2.75) is 31.9 Å². The zero-order chi connectivity index (χ0) is 14.6. The van der Waals surface area contributed by atoms with E-state index in [1.54, 1.807) is 0 Å². The fourth-order valence-corrected chi connectivity index (χ4v) is 3.28. The Balaban J connectivity index is 1.79. The molecule has 2 fully saturated rings. The molecule has 0 aromatic rings. The smallest absolute Gasteiger partial charge is 0.346 e. The molecular formula is C13H22F3N3O. The average molecular weight is 293 g/mol. The second-order valence-electron chi connectivity index (χ2n) is 5.99. The molecule has 2 N–H and O–H groups in total. The molecule has 116 valence electrons. The van der Waals surface area contributed by atoms with Crippen LogP contribution in [0.3, 0.4) is 0 Å². The van der Waals surface area contributed by atoms with E-state index < -0.39 is 18.6 Å². The molecule has 1 unspecified atom stereocenters. The van der Waals surface area contributed by atoms with Crippen molar-refractivity contribution >= 4 is 5.91 Å². The minimum atomic E-state index is -4.34. The average Bonchev–Trinajstić information content (AvgIpc) is 2.37. The van der Waals surface area contributed by atoms with Crippen LogP contribution >= 0.6 is 0 Å². The van der Waals surface area contributed by atoms with Gasteiger partial charge in [0.05, 0.1) is 6.54 Å². The lowest BCUT2D eigenvalue weighted by molar-refractivity contribution is -0.139. The first-order valence-electron chi connectivity index (χ1n) is 7.15. The maximum atomic E-state index is 12.0. The maximum absolute atomic E-state index is 12.0. The van der Waals surface area contributed by atoms with E-state index in [0.29, 0.717) is 0 Å². The van der Waals surface area contributed by atoms with Crippen molar-refractivity contribution in [1.29, 1.82) is 0 Å². The highest BCUT2D eigenvalue weighted by atomic mass is 19.4. The molecule has 0 aromatic carbocycles. The van der Waals surface area contributed by atoms with E-state index in [0.717, 1.165) is 51.9 Å². The van der Waals surface area contributed by atoms with Crippen LogP contribution < -0.4 is 10.6 Å². The molecule has 1 atom stereocenters. The summed E-state index contributed by atoms with van der Waals surface area (Å²) in [6, 6.07) is 0. The summed E-state index contributed by atoms with van der Waals surface area (Å²) >= 11 is 0. The van der Waals surface area contributed by atoms with Crippen LogP contribution in [-0.4, -0.2) is 56.3 Å². The molecular weight excluding hydrogens is 271 g/mol. The van der Waals surface area contributed by atoms with Gasteiger partial charge in [-0.15, -0.1) is 0 Å². The molecule has 4 nitrogen and oxygen atoms in total. The number of amides is 1. The standard InChI is InChI=1S/C13H22F3N3O/c14-13(15,16)9-18-11(20)7-19-6-2-4-12(10-19)3-1-5-17-8-12/h17H,1-10H2,(H,18,20). The van der Waals surface area contributed by atoms with E-state index in [9.17, 15) is 18.0 Å². The summed E-state index contributed by atoms with van der Waals surface area (Å²) in [7, 11) is 0. The van der Waals surface area contributed by atoms with Gasteiger partial charge in [-0.3, -0.25) is 9.69 Å². The Kier molecular flexibility index (Phi) is 4.90. The first-order chi connectivity index (χ1) is 9.39. The minimum Gasteiger partial charge on any atom is -0.346 e. The number of nitrogens with one attached hydrogen (secondary N) is 2. The Labute approximate surface area is 117 Å². The third-order valence-corrected chi connectivity index (χ3v) is 4.15. The van der Waals surface area contributed by atoms with Gasteiger partial charge in [-0.25, -0.2) is 0 Å². The van der Waals surface area contributed by atoms with Gasteiger partial charge < -0.3 is 10.6 Å². The molecule has 2 saturated heterocycles. The predicted molar refractivity (Wildman–Crippen MR) is 69.3 cm³/mol. The number of piperidine rings is 2. The molecule has 20 heavy (non-hydrogen) atoms. The first-order valence-corrected chi connectivity index (χ1v) is 7.15. The second kappa shape index (κ2) is 6.30. The largest absolute Gasteiger partial charge is 0.405 e. The van der Waals surface area contributed by atoms with Gasteiger partial charge >= 0.3 is 6.18 Å². The van der Waals surface area contributed by atoms with Gasteiger partial charge in [-0.05, 0) is 44.2 Å². The van der Waals surface area contributed by atoms with E-state index in [2.05, 4.69) is 5.32 Å². The third kappa shape index (κ3) is 4.63. The molecule has 2 heterocycles. The summed E-state index contributed by atoms with van der Waals surface area (Å²) in [5, 5.41) is 5.33. The van der Waals surface area contributed by atoms with Crippen molar-refractivity contribution in [1.82, 2.24) is 15.5 Å². The van der Waals surface area contributed by atoms with Crippen LogP contribution in [0.2, 0.25) is 0 Å². The van der Waals surface area contributed by atoms with Crippen LogP contribution in [0, 0.1) is 5.41 Å². The van der Waals surface area contributed by atoms with Gasteiger partial charge in [0.15, 0.2) is 0 Å².